The van der Waals surface area contributed by atoms with E-state index in [0.717, 1.165) is 11.1 Å². The molecule has 0 fully saturated rings. The van der Waals surface area contributed by atoms with E-state index in [-0.39, 0.29) is 12.5 Å². The summed E-state index contributed by atoms with van der Waals surface area (Å²) in [5.41, 5.74) is 8.16. The summed E-state index contributed by atoms with van der Waals surface area (Å²) in [5, 5.41) is 2.67. The monoisotopic (exact) mass is 298 g/mol. The number of hydrogen-bond donors (Lipinski definition) is 2. The number of ether oxygens (including phenoxy) is 1. The minimum Gasteiger partial charge on any atom is -0.483 e. The summed E-state index contributed by atoms with van der Waals surface area (Å²) in [6.45, 7) is 3.82. The van der Waals surface area contributed by atoms with E-state index in [1.807, 2.05) is 32.0 Å². The average molecular weight is 298 g/mol. The molecule has 2 amide bonds. The first-order valence-electron chi connectivity index (χ1n) is 6.85. The Morgan fingerprint density at radius 3 is 2.59 bits per heavy atom. The zero-order valence-electron chi connectivity index (χ0n) is 12.6. The molecule has 0 aliphatic carbocycles. The third-order valence-corrected chi connectivity index (χ3v) is 3.12. The topological polar surface area (TPSA) is 81.4 Å². The van der Waals surface area contributed by atoms with E-state index < -0.39 is 5.91 Å². The lowest BCUT2D eigenvalue weighted by Gasteiger charge is -2.10. The Kier molecular flexibility index (Phi) is 4.78. The van der Waals surface area contributed by atoms with Gasteiger partial charge in [-0.25, -0.2) is 0 Å². The van der Waals surface area contributed by atoms with Gasteiger partial charge in [-0.15, -0.1) is 0 Å². The SMILES string of the molecule is Cc1ccc(OCC(=O)Nc2cccc(C(N)=O)c2)c(C)c1. The Balaban J connectivity index is 1.95. The molecule has 0 spiro atoms. The number of hydrogen-bond acceptors (Lipinski definition) is 3. The highest BCUT2D eigenvalue weighted by atomic mass is 16.5. The number of anilines is 1. The van der Waals surface area contributed by atoms with Gasteiger partial charge in [0.1, 0.15) is 5.75 Å². The van der Waals surface area contributed by atoms with Crippen LogP contribution in [0.25, 0.3) is 0 Å². The van der Waals surface area contributed by atoms with E-state index in [1.54, 1.807) is 18.2 Å². The number of carbonyl (C=O) groups excluding carboxylic acids is 2. The van der Waals surface area contributed by atoms with Crippen LogP contribution in [0.1, 0.15) is 21.5 Å². The van der Waals surface area contributed by atoms with Crippen molar-refractivity contribution in [3.05, 3.63) is 59.2 Å². The van der Waals surface area contributed by atoms with Crippen molar-refractivity contribution in [2.24, 2.45) is 5.73 Å². The number of rotatable bonds is 5. The number of aryl methyl sites for hydroxylation is 2. The fraction of sp³-hybridized carbons (Fsp3) is 0.176. The Bertz CT molecular complexity index is 711. The zero-order valence-corrected chi connectivity index (χ0v) is 12.6. The van der Waals surface area contributed by atoms with Crippen molar-refractivity contribution in [3.63, 3.8) is 0 Å². The lowest BCUT2D eigenvalue weighted by Crippen LogP contribution is -2.21. The molecule has 114 valence electrons. The minimum absolute atomic E-state index is 0.106. The molecule has 0 saturated carbocycles. The summed E-state index contributed by atoms with van der Waals surface area (Å²) in [5.74, 6) is -0.170. The maximum atomic E-state index is 11.9. The number of benzene rings is 2. The lowest BCUT2D eigenvalue weighted by atomic mass is 10.1. The minimum atomic E-state index is -0.539. The standard InChI is InChI=1S/C17H18N2O3/c1-11-6-7-15(12(2)8-11)22-10-16(20)19-14-5-3-4-13(9-14)17(18)21/h3-9H,10H2,1-2H3,(H2,18,21)(H,19,20). The number of primary amides is 1. The van der Waals surface area contributed by atoms with Gasteiger partial charge in [0.05, 0.1) is 0 Å². The van der Waals surface area contributed by atoms with Crippen LogP contribution in [-0.2, 0) is 4.79 Å². The summed E-state index contributed by atoms with van der Waals surface area (Å²) in [7, 11) is 0. The van der Waals surface area contributed by atoms with Crippen LogP contribution in [0, 0.1) is 13.8 Å². The molecular weight excluding hydrogens is 280 g/mol. The lowest BCUT2D eigenvalue weighted by molar-refractivity contribution is -0.118. The smallest absolute Gasteiger partial charge is 0.262 e. The second-order valence-corrected chi connectivity index (χ2v) is 5.05. The fourth-order valence-electron chi connectivity index (χ4n) is 2.05. The first-order valence-corrected chi connectivity index (χ1v) is 6.85. The van der Waals surface area contributed by atoms with Crippen LogP contribution < -0.4 is 15.8 Å². The molecule has 0 atom stereocenters. The van der Waals surface area contributed by atoms with Gasteiger partial charge in [0.2, 0.25) is 5.91 Å². The molecule has 0 bridgehead atoms. The van der Waals surface area contributed by atoms with Gasteiger partial charge in [-0.3, -0.25) is 9.59 Å². The van der Waals surface area contributed by atoms with Crippen LogP contribution >= 0.6 is 0 Å². The molecule has 5 nitrogen and oxygen atoms in total. The van der Waals surface area contributed by atoms with Crippen LogP contribution in [0.5, 0.6) is 5.75 Å². The quantitative estimate of drug-likeness (QED) is 0.889. The summed E-state index contributed by atoms with van der Waals surface area (Å²) in [6, 6.07) is 12.2. The Labute approximate surface area is 129 Å². The predicted octanol–water partition coefficient (Wildman–Crippen LogP) is 2.42. The molecule has 0 aliphatic heterocycles. The predicted molar refractivity (Wildman–Crippen MR) is 85.0 cm³/mol. The van der Waals surface area contributed by atoms with Crippen molar-refractivity contribution < 1.29 is 14.3 Å². The van der Waals surface area contributed by atoms with Gasteiger partial charge in [-0.1, -0.05) is 23.8 Å². The number of nitrogens with one attached hydrogen (secondary N) is 1. The third-order valence-electron chi connectivity index (χ3n) is 3.12. The molecule has 2 aromatic carbocycles. The highest BCUT2D eigenvalue weighted by molar-refractivity contribution is 5.96. The van der Waals surface area contributed by atoms with E-state index in [9.17, 15) is 9.59 Å². The van der Waals surface area contributed by atoms with Crippen molar-refractivity contribution >= 4 is 17.5 Å². The summed E-state index contributed by atoms with van der Waals surface area (Å²) in [6.07, 6.45) is 0. The number of carbonyl (C=O) groups is 2. The summed E-state index contributed by atoms with van der Waals surface area (Å²) >= 11 is 0. The van der Waals surface area contributed by atoms with Gasteiger partial charge in [0.15, 0.2) is 6.61 Å². The maximum Gasteiger partial charge on any atom is 0.262 e. The second kappa shape index (κ2) is 6.76. The fourth-order valence-corrected chi connectivity index (χ4v) is 2.05. The van der Waals surface area contributed by atoms with Crippen LogP contribution in [0.3, 0.4) is 0 Å². The average Bonchev–Trinajstić information content (AvgIpc) is 2.46. The highest BCUT2D eigenvalue weighted by Gasteiger charge is 2.07. The number of nitrogens with two attached hydrogens (primary N) is 1. The van der Waals surface area contributed by atoms with Crippen LogP contribution in [0.15, 0.2) is 42.5 Å². The maximum absolute atomic E-state index is 11.9. The third kappa shape index (κ3) is 4.09. The molecule has 2 rings (SSSR count). The van der Waals surface area contributed by atoms with Gasteiger partial charge in [0.25, 0.3) is 5.91 Å². The number of amides is 2. The van der Waals surface area contributed by atoms with Gasteiger partial charge in [0, 0.05) is 11.3 Å². The first kappa shape index (κ1) is 15.6. The van der Waals surface area contributed by atoms with Gasteiger partial charge < -0.3 is 15.8 Å². The largest absolute Gasteiger partial charge is 0.483 e. The molecule has 0 aliphatic rings. The molecule has 0 heterocycles. The van der Waals surface area contributed by atoms with Crippen LogP contribution in [0.2, 0.25) is 0 Å². The normalized spacial score (nSPS) is 10.1. The summed E-state index contributed by atoms with van der Waals surface area (Å²) in [4.78, 5) is 23.0. The summed E-state index contributed by atoms with van der Waals surface area (Å²) < 4.78 is 5.50. The molecule has 5 heteroatoms. The second-order valence-electron chi connectivity index (χ2n) is 5.05. The molecule has 3 N–H and O–H groups in total. The first-order chi connectivity index (χ1) is 10.5. The molecule has 0 aromatic heterocycles. The van der Waals surface area contributed by atoms with Crippen LogP contribution in [-0.4, -0.2) is 18.4 Å². The van der Waals surface area contributed by atoms with Gasteiger partial charge in [-0.2, -0.15) is 0 Å². The molecule has 0 saturated heterocycles. The van der Waals surface area contributed by atoms with Crippen molar-refractivity contribution in [1.29, 1.82) is 0 Å². The molecule has 0 unspecified atom stereocenters. The Morgan fingerprint density at radius 1 is 1.14 bits per heavy atom. The van der Waals surface area contributed by atoms with Gasteiger partial charge >= 0.3 is 0 Å². The van der Waals surface area contributed by atoms with Crippen molar-refractivity contribution in [3.8, 4) is 5.75 Å². The molecule has 2 aromatic rings. The van der Waals surface area contributed by atoms with E-state index in [4.69, 9.17) is 10.5 Å². The van der Waals surface area contributed by atoms with Crippen molar-refractivity contribution in [2.45, 2.75) is 13.8 Å². The molecule has 22 heavy (non-hydrogen) atoms. The van der Waals surface area contributed by atoms with E-state index in [1.165, 1.54) is 6.07 Å². The van der Waals surface area contributed by atoms with Gasteiger partial charge in [-0.05, 0) is 43.7 Å². The Hall–Kier alpha value is -2.82. The van der Waals surface area contributed by atoms with E-state index in [2.05, 4.69) is 5.32 Å². The van der Waals surface area contributed by atoms with Crippen molar-refractivity contribution in [1.82, 2.24) is 0 Å². The van der Waals surface area contributed by atoms with Crippen LogP contribution in [0.4, 0.5) is 5.69 Å². The van der Waals surface area contributed by atoms with E-state index in [0.29, 0.717) is 17.0 Å². The zero-order chi connectivity index (χ0) is 16.1. The Morgan fingerprint density at radius 2 is 1.91 bits per heavy atom. The van der Waals surface area contributed by atoms with Crippen molar-refractivity contribution in [2.75, 3.05) is 11.9 Å². The molecular formula is C17H18N2O3. The molecule has 0 radical (unpaired) electrons. The highest BCUT2D eigenvalue weighted by Crippen LogP contribution is 2.18. The van der Waals surface area contributed by atoms with E-state index >= 15 is 0 Å².